The number of rotatable bonds is 0. The van der Waals surface area contributed by atoms with Crippen LogP contribution in [0.2, 0.25) is 5.15 Å². The van der Waals surface area contributed by atoms with E-state index >= 15 is 0 Å². The Hall–Kier alpha value is -2.23. The van der Waals surface area contributed by atoms with E-state index in [1.54, 1.807) is 0 Å². The second-order valence-electron chi connectivity index (χ2n) is 3.57. The van der Waals surface area contributed by atoms with Gasteiger partial charge in [-0.25, -0.2) is 19.9 Å². The zero-order valence-electron chi connectivity index (χ0n) is 9.46. The number of hydrogen-bond acceptors (Lipinski definition) is 6. The molecule has 0 aromatic carbocycles. The Morgan fingerprint density at radius 2 is 2.00 bits per heavy atom. The number of nitrogens with zero attached hydrogens (tertiary/aromatic N) is 4. The first-order valence-electron chi connectivity index (χ1n) is 5.22. The molecule has 19 heavy (non-hydrogen) atoms. The van der Waals surface area contributed by atoms with Crippen molar-refractivity contribution < 1.29 is 0 Å². The van der Waals surface area contributed by atoms with Crippen molar-refractivity contribution in [1.82, 2.24) is 19.9 Å². The van der Waals surface area contributed by atoms with E-state index in [4.69, 9.17) is 17.3 Å². The van der Waals surface area contributed by atoms with Crippen LogP contribution < -0.4 is 5.73 Å². The molecule has 3 aromatic heterocycles. The van der Waals surface area contributed by atoms with E-state index in [1.807, 2.05) is 6.07 Å². The third-order valence-corrected chi connectivity index (χ3v) is 3.70. The molecular weight excluding hydrogens is 282 g/mol. The molecule has 3 aromatic rings. The fourth-order valence-electron chi connectivity index (χ4n) is 1.42. The van der Waals surface area contributed by atoms with E-state index in [0.717, 1.165) is 15.1 Å². The van der Waals surface area contributed by atoms with Gasteiger partial charge in [-0.1, -0.05) is 11.6 Å². The summed E-state index contributed by atoms with van der Waals surface area (Å²) in [6.07, 6.45) is 4.43. The van der Waals surface area contributed by atoms with Gasteiger partial charge in [-0.05, 0) is 17.9 Å². The summed E-state index contributed by atoms with van der Waals surface area (Å²) >= 11 is 7.42. The van der Waals surface area contributed by atoms with Gasteiger partial charge in [0.25, 0.3) is 0 Å². The highest BCUT2D eigenvalue weighted by molar-refractivity contribution is 7.20. The van der Waals surface area contributed by atoms with Crippen molar-refractivity contribution in [2.75, 3.05) is 5.73 Å². The van der Waals surface area contributed by atoms with Crippen molar-refractivity contribution in [1.29, 1.82) is 0 Å². The largest absolute Gasteiger partial charge is 0.382 e. The van der Waals surface area contributed by atoms with Crippen LogP contribution in [0.15, 0.2) is 24.8 Å². The highest BCUT2D eigenvalue weighted by Gasteiger charge is 2.05. The molecule has 0 saturated heterocycles. The van der Waals surface area contributed by atoms with Crippen molar-refractivity contribution in [3.8, 4) is 11.8 Å². The topological polar surface area (TPSA) is 77.6 Å². The molecule has 0 fully saturated rings. The highest BCUT2D eigenvalue weighted by Crippen LogP contribution is 2.28. The Morgan fingerprint density at radius 3 is 2.74 bits per heavy atom. The zero-order chi connectivity index (χ0) is 13.2. The zero-order valence-corrected chi connectivity index (χ0v) is 11.0. The smallest absolute Gasteiger partial charge is 0.150 e. The van der Waals surface area contributed by atoms with Gasteiger partial charge in [0.05, 0.1) is 27.5 Å². The lowest BCUT2D eigenvalue weighted by Gasteiger charge is -1.89. The average Bonchev–Trinajstić information content (AvgIpc) is 2.83. The van der Waals surface area contributed by atoms with Gasteiger partial charge in [0.1, 0.15) is 23.0 Å². The third kappa shape index (κ3) is 2.47. The fraction of sp³-hybridized carbons (Fsp3) is 0. The van der Waals surface area contributed by atoms with Crippen molar-refractivity contribution in [3.05, 3.63) is 40.5 Å². The van der Waals surface area contributed by atoms with E-state index < -0.39 is 0 Å². The van der Waals surface area contributed by atoms with Crippen LogP contribution in [0.5, 0.6) is 0 Å². The summed E-state index contributed by atoms with van der Waals surface area (Å²) < 4.78 is 0.830. The summed E-state index contributed by atoms with van der Waals surface area (Å²) in [5.74, 6) is 6.27. The van der Waals surface area contributed by atoms with Crippen LogP contribution in [0.3, 0.4) is 0 Å². The number of nitrogens with two attached hydrogens (primary N) is 1. The van der Waals surface area contributed by atoms with Crippen LogP contribution in [0.25, 0.3) is 10.2 Å². The molecule has 0 atom stereocenters. The lowest BCUT2D eigenvalue weighted by atomic mass is 10.4. The van der Waals surface area contributed by atoms with Crippen LogP contribution in [0.1, 0.15) is 10.6 Å². The van der Waals surface area contributed by atoms with E-state index in [-0.39, 0.29) is 0 Å². The van der Waals surface area contributed by atoms with Crippen LogP contribution >= 0.6 is 22.9 Å². The van der Waals surface area contributed by atoms with Crippen molar-refractivity contribution in [3.63, 3.8) is 0 Å². The predicted octanol–water partition coefficient (Wildman–Crippen LogP) is 2.12. The Balaban J connectivity index is 1.98. The van der Waals surface area contributed by atoms with E-state index in [1.165, 1.54) is 30.1 Å². The molecule has 0 radical (unpaired) electrons. The van der Waals surface area contributed by atoms with Crippen molar-refractivity contribution in [2.45, 2.75) is 0 Å². The van der Waals surface area contributed by atoms with Gasteiger partial charge in [0.2, 0.25) is 0 Å². The van der Waals surface area contributed by atoms with Crippen LogP contribution in [-0.2, 0) is 0 Å². The van der Waals surface area contributed by atoms with Crippen molar-refractivity contribution in [2.24, 2.45) is 0 Å². The van der Waals surface area contributed by atoms with Gasteiger partial charge in [0, 0.05) is 0 Å². The lowest BCUT2D eigenvalue weighted by Crippen LogP contribution is -1.92. The molecule has 0 bridgehead atoms. The molecule has 0 amide bonds. The minimum atomic E-state index is 0.370. The quantitative estimate of drug-likeness (QED) is 0.506. The Labute approximate surface area is 117 Å². The number of fused-ring (bicyclic) bond motifs is 1. The van der Waals surface area contributed by atoms with Gasteiger partial charge in [-0.3, -0.25) is 0 Å². The van der Waals surface area contributed by atoms with Gasteiger partial charge in [-0.15, -0.1) is 11.3 Å². The average molecular weight is 288 g/mol. The van der Waals surface area contributed by atoms with Gasteiger partial charge in [-0.2, -0.15) is 0 Å². The molecule has 2 N–H and O–H groups in total. The predicted molar refractivity (Wildman–Crippen MR) is 74.8 cm³/mol. The Morgan fingerprint density at radius 1 is 1.11 bits per heavy atom. The summed E-state index contributed by atoms with van der Waals surface area (Å²) in [6.45, 7) is 0. The van der Waals surface area contributed by atoms with E-state index in [0.29, 0.717) is 16.7 Å². The molecule has 3 rings (SSSR count). The molecule has 0 aliphatic heterocycles. The van der Waals surface area contributed by atoms with Gasteiger partial charge < -0.3 is 5.73 Å². The number of nitrogen functional groups attached to an aromatic ring is 1. The van der Waals surface area contributed by atoms with E-state index in [9.17, 15) is 0 Å². The van der Waals surface area contributed by atoms with E-state index in [2.05, 4.69) is 31.8 Å². The molecule has 5 nitrogen and oxygen atoms in total. The number of anilines is 1. The monoisotopic (exact) mass is 287 g/mol. The number of halogens is 1. The highest BCUT2D eigenvalue weighted by atomic mass is 35.5. The van der Waals surface area contributed by atoms with Crippen LogP contribution in [0.4, 0.5) is 5.82 Å². The van der Waals surface area contributed by atoms with Crippen LogP contribution in [-0.4, -0.2) is 19.9 Å². The number of hydrogen-bond donors (Lipinski definition) is 1. The number of aromatic nitrogens is 4. The first-order valence-corrected chi connectivity index (χ1v) is 6.41. The summed E-state index contributed by atoms with van der Waals surface area (Å²) in [6, 6.07) is 1.87. The summed E-state index contributed by atoms with van der Waals surface area (Å²) in [5, 5.41) is 0.440. The SMILES string of the molecule is Nc1cnc(C#Cc2cc3ncnc(Cl)c3s2)cn1. The first kappa shape index (κ1) is 11.8. The summed E-state index contributed by atoms with van der Waals surface area (Å²) in [5.41, 5.74) is 6.80. The first-order chi connectivity index (χ1) is 9.22. The molecule has 92 valence electrons. The minimum absolute atomic E-state index is 0.370. The summed E-state index contributed by atoms with van der Waals surface area (Å²) in [4.78, 5) is 16.9. The van der Waals surface area contributed by atoms with Crippen molar-refractivity contribution >= 4 is 39.0 Å². The second-order valence-corrected chi connectivity index (χ2v) is 4.98. The molecule has 3 heterocycles. The molecule has 0 spiro atoms. The molecule has 0 saturated carbocycles. The number of thiophene rings is 1. The normalized spacial score (nSPS) is 10.2. The maximum absolute atomic E-state index is 5.98. The molecule has 0 aliphatic carbocycles. The maximum Gasteiger partial charge on any atom is 0.150 e. The Kier molecular flexibility index (Phi) is 2.99. The second kappa shape index (κ2) is 4.80. The van der Waals surface area contributed by atoms with Gasteiger partial charge in [0.15, 0.2) is 0 Å². The Bertz CT molecular complexity index is 800. The minimum Gasteiger partial charge on any atom is -0.382 e. The summed E-state index contributed by atoms with van der Waals surface area (Å²) in [7, 11) is 0. The lowest BCUT2D eigenvalue weighted by molar-refractivity contribution is 1.18. The van der Waals surface area contributed by atoms with Gasteiger partial charge >= 0.3 is 0 Å². The fourth-order valence-corrected chi connectivity index (χ4v) is 2.52. The molecule has 0 aliphatic rings. The molecular formula is C12H6ClN5S. The van der Waals surface area contributed by atoms with Crippen LogP contribution in [0, 0.1) is 11.8 Å². The maximum atomic E-state index is 5.98. The standard InChI is InChI=1S/C12H6ClN5S/c13-12-11-9(17-6-18-12)3-8(19-11)2-1-7-4-16-10(14)5-15-7/h3-6H,(H2,14,16). The molecule has 0 unspecified atom stereocenters. The molecule has 7 heteroatoms. The third-order valence-electron chi connectivity index (χ3n) is 2.25.